The summed E-state index contributed by atoms with van der Waals surface area (Å²) in [5, 5.41) is 1.14. The maximum Gasteiger partial charge on any atom is 0.0987 e. The quantitative estimate of drug-likeness (QED) is 0.616. The van der Waals surface area contributed by atoms with Gasteiger partial charge in [0.1, 0.15) is 0 Å². The van der Waals surface area contributed by atoms with E-state index in [1.807, 2.05) is 13.1 Å². The molecule has 0 unspecified atom stereocenters. The van der Waals surface area contributed by atoms with Crippen LogP contribution in [0.5, 0.6) is 0 Å². The Kier molecular flexibility index (Phi) is 2.94. The number of hydrogen-bond donors (Lipinski definition) is 0. The average Bonchev–Trinajstić information content (AvgIpc) is 2.04. The lowest BCUT2D eigenvalue weighted by molar-refractivity contribution is 0.996. The maximum atomic E-state index is 4.31. The lowest BCUT2D eigenvalue weighted by atomic mass is 10.0. The minimum Gasteiger partial charge on any atom is -0.254 e. The first kappa shape index (κ1) is 8.60. The fourth-order valence-corrected chi connectivity index (χ4v) is 1.82. The Morgan fingerprint density at radius 2 is 2.45 bits per heavy atom. The Labute approximate surface area is 72.3 Å². The van der Waals surface area contributed by atoms with E-state index < -0.39 is 0 Å². The fraction of sp³-hybridized carbons (Fsp3) is 0.444. The summed E-state index contributed by atoms with van der Waals surface area (Å²) >= 11 is 1.70. The van der Waals surface area contributed by atoms with E-state index in [4.69, 9.17) is 0 Å². The standard InChI is InChI=1S/C9H13NS/c1-7(2)8-5-4-6-10-9(8)11-3/h6H,1,4-5H2,2-3H3. The minimum atomic E-state index is 1.06. The SMILES string of the molecule is C=C(C)C1=C(SC)N=CCC1. The molecule has 1 heterocycles. The zero-order valence-corrected chi connectivity index (χ0v) is 7.87. The van der Waals surface area contributed by atoms with Gasteiger partial charge in [-0.25, -0.2) is 0 Å². The summed E-state index contributed by atoms with van der Waals surface area (Å²) in [4.78, 5) is 4.31. The zero-order chi connectivity index (χ0) is 8.27. The van der Waals surface area contributed by atoms with Crippen LogP contribution in [0.15, 0.2) is 27.7 Å². The van der Waals surface area contributed by atoms with Gasteiger partial charge in [0.15, 0.2) is 0 Å². The van der Waals surface area contributed by atoms with Gasteiger partial charge in [-0.05, 0) is 31.6 Å². The Bertz CT molecular complexity index is 226. The van der Waals surface area contributed by atoms with E-state index in [9.17, 15) is 0 Å². The predicted octanol–water partition coefficient (Wildman–Crippen LogP) is 3.00. The smallest absolute Gasteiger partial charge is 0.0987 e. The van der Waals surface area contributed by atoms with Crippen LogP contribution in [0.3, 0.4) is 0 Å². The number of thioether (sulfide) groups is 1. The largest absolute Gasteiger partial charge is 0.254 e. The summed E-state index contributed by atoms with van der Waals surface area (Å²) in [6.45, 7) is 5.98. The topological polar surface area (TPSA) is 12.4 Å². The lowest BCUT2D eigenvalue weighted by Crippen LogP contribution is -1.95. The van der Waals surface area contributed by atoms with Crippen LogP contribution in [0.4, 0.5) is 0 Å². The van der Waals surface area contributed by atoms with Gasteiger partial charge in [-0.1, -0.05) is 12.2 Å². The van der Waals surface area contributed by atoms with Gasteiger partial charge in [0.25, 0.3) is 0 Å². The number of hydrogen-bond acceptors (Lipinski definition) is 2. The molecule has 0 fully saturated rings. The molecule has 1 aliphatic rings. The number of nitrogens with zero attached hydrogens (tertiary/aromatic N) is 1. The van der Waals surface area contributed by atoms with Crippen molar-refractivity contribution in [3.05, 3.63) is 22.8 Å². The molecule has 0 atom stereocenters. The molecule has 0 spiro atoms. The van der Waals surface area contributed by atoms with Gasteiger partial charge >= 0.3 is 0 Å². The molecule has 0 radical (unpaired) electrons. The first-order valence-electron chi connectivity index (χ1n) is 3.71. The van der Waals surface area contributed by atoms with E-state index in [1.54, 1.807) is 11.8 Å². The molecule has 1 aliphatic heterocycles. The van der Waals surface area contributed by atoms with E-state index in [0.717, 1.165) is 23.4 Å². The highest BCUT2D eigenvalue weighted by atomic mass is 32.2. The lowest BCUT2D eigenvalue weighted by Gasteiger charge is -2.12. The van der Waals surface area contributed by atoms with Gasteiger partial charge in [-0.15, -0.1) is 11.8 Å². The average molecular weight is 167 g/mol. The molecule has 11 heavy (non-hydrogen) atoms. The van der Waals surface area contributed by atoms with Gasteiger partial charge in [0, 0.05) is 6.21 Å². The van der Waals surface area contributed by atoms with Crippen molar-refractivity contribution < 1.29 is 0 Å². The van der Waals surface area contributed by atoms with Gasteiger partial charge < -0.3 is 0 Å². The van der Waals surface area contributed by atoms with E-state index in [0.29, 0.717) is 0 Å². The Morgan fingerprint density at radius 1 is 1.73 bits per heavy atom. The van der Waals surface area contributed by atoms with E-state index in [1.165, 1.54) is 5.57 Å². The summed E-state index contributed by atoms with van der Waals surface area (Å²) in [7, 11) is 0. The van der Waals surface area contributed by atoms with Crippen molar-refractivity contribution in [1.29, 1.82) is 0 Å². The molecule has 0 aromatic rings. The normalized spacial score (nSPS) is 17.3. The van der Waals surface area contributed by atoms with Crippen LogP contribution in [-0.4, -0.2) is 12.5 Å². The Hall–Kier alpha value is -0.500. The van der Waals surface area contributed by atoms with E-state index in [2.05, 4.69) is 17.8 Å². The fourth-order valence-electron chi connectivity index (χ4n) is 1.11. The van der Waals surface area contributed by atoms with Crippen LogP contribution in [-0.2, 0) is 0 Å². The first-order valence-corrected chi connectivity index (χ1v) is 4.93. The minimum absolute atomic E-state index is 1.06. The van der Waals surface area contributed by atoms with Gasteiger partial charge in [0.05, 0.1) is 5.03 Å². The van der Waals surface area contributed by atoms with Crippen LogP contribution < -0.4 is 0 Å². The first-order chi connectivity index (χ1) is 5.25. The second-order valence-electron chi connectivity index (χ2n) is 2.62. The molecule has 0 saturated carbocycles. The molecule has 0 aliphatic carbocycles. The molecule has 60 valence electrons. The van der Waals surface area contributed by atoms with Crippen molar-refractivity contribution in [2.24, 2.45) is 4.99 Å². The van der Waals surface area contributed by atoms with Crippen molar-refractivity contribution in [3.63, 3.8) is 0 Å². The third kappa shape index (κ3) is 1.96. The van der Waals surface area contributed by atoms with Crippen LogP contribution in [0.1, 0.15) is 19.8 Å². The molecule has 2 heteroatoms. The predicted molar refractivity (Wildman–Crippen MR) is 53.1 cm³/mol. The summed E-state index contributed by atoms with van der Waals surface area (Å²) in [5.41, 5.74) is 2.49. The molecule has 0 amide bonds. The second-order valence-corrected chi connectivity index (χ2v) is 3.41. The molecule has 1 nitrogen and oxygen atoms in total. The molecule has 0 aromatic carbocycles. The Morgan fingerprint density at radius 3 is 2.91 bits per heavy atom. The van der Waals surface area contributed by atoms with E-state index in [-0.39, 0.29) is 0 Å². The maximum absolute atomic E-state index is 4.31. The number of aliphatic imine (C=N–C) groups is 1. The molecule has 1 rings (SSSR count). The highest BCUT2D eigenvalue weighted by Crippen LogP contribution is 2.28. The summed E-state index contributed by atoms with van der Waals surface area (Å²) in [6.07, 6.45) is 6.21. The highest BCUT2D eigenvalue weighted by Gasteiger charge is 2.08. The zero-order valence-electron chi connectivity index (χ0n) is 7.05. The molecule has 0 saturated heterocycles. The van der Waals surface area contributed by atoms with E-state index >= 15 is 0 Å². The third-order valence-corrected chi connectivity index (χ3v) is 2.44. The van der Waals surface area contributed by atoms with Gasteiger partial charge in [0.2, 0.25) is 0 Å². The van der Waals surface area contributed by atoms with Crippen LogP contribution in [0.2, 0.25) is 0 Å². The summed E-state index contributed by atoms with van der Waals surface area (Å²) < 4.78 is 0. The van der Waals surface area contributed by atoms with Crippen LogP contribution in [0.25, 0.3) is 0 Å². The number of rotatable bonds is 2. The molecular formula is C9H13NS. The van der Waals surface area contributed by atoms with Crippen molar-refractivity contribution in [1.82, 2.24) is 0 Å². The highest BCUT2D eigenvalue weighted by molar-refractivity contribution is 8.02. The Balaban J connectivity index is 2.91. The third-order valence-electron chi connectivity index (χ3n) is 1.70. The van der Waals surface area contributed by atoms with Crippen LogP contribution >= 0.6 is 11.8 Å². The monoisotopic (exact) mass is 167 g/mol. The van der Waals surface area contributed by atoms with Crippen molar-refractivity contribution >= 4 is 18.0 Å². The number of allylic oxidation sites excluding steroid dienone is 2. The van der Waals surface area contributed by atoms with Crippen molar-refractivity contribution in [2.75, 3.05) is 6.26 Å². The van der Waals surface area contributed by atoms with Gasteiger partial charge in [-0.3, -0.25) is 4.99 Å². The molecule has 0 bridgehead atoms. The summed E-state index contributed by atoms with van der Waals surface area (Å²) in [5.74, 6) is 0. The van der Waals surface area contributed by atoms with Crippen LogP contribution in [0, 0.1) is 0 Å². The van der Waals surface area contributed by atoms with Crippen molar-refractivity contribution in [3.8, 4) is 0 Å². The van der Waals surface area contributed by atoms with Gasteiger partial charge in [-0.2, -0.15) is 0 Å². The molecule has 0 N–H and O–H groups in total. The summed E-state index contributed by atoms with van der Waals surface area (Å²) in [6, 6.07) is 0. The second kappa shape index (κ2) is 3.77. The molecular weight excluding hydrogens is 154 g/mol. The van der Waals surface area contributed by atoms with Crippen molar-refractivity contribution in [2.45, 2.75) is 19.8 Å². The molecule has 0 aromatic heterocycles.